The van der Waals surface area contributed by atoms with Crippen LogP contribution >= 0.6 is 0 Å². The van der Waals surface area contributed by atoms with E-state index in [-0.39, 0.29) is 38.1 Å². The highest BCUT2D eigenvalue weighted by molar-refractivity contribution is 5.79. The Bertz CT molecular complexity index is 879. The summed E-state index contributed by atoms with van der Waals surface area (Å²) in [5.74, 6) is -0.804. The zero-order valence-corrected chi connectivity index (χ0v) is 20.7. The normalized spacial score (nSPS) is 35.6. The van der Waals surface area contributed by atoms with Crippen molar-refractivity contribution < 1.29 is 64.3 Å². The van der Waals surface area contributed by atoms with E-state index in [1.807, 2.05) is 30.3 Å². The van der Waals surface area contributed by atoms with Crippen LogP contribution in [-0.2, 0) is 35.1 Å². The van der Waals surface area contributed by atoms with E-state index in [0.717, 1.165) is 5.56 Å². The number of rotatable bonds is 12. The van der Waals surface area contributed by atoms with E-state index >= 15 is 0 Å². The molecule has 0 aromatic heterocycles. The fraction of sp³-hybridized carbons (Fsp3) is 0.680. The highest BCUT2D eigenvalue weighted by Gasteiger charge is 2.50. The second-order valence-corrected chi connectivity index (χ2v) is 9.42. The van der Waals surface area contributed by atoms with E-state index in [9.17, 15) is 45.3 Å². The van der Waals surface area contributed by atoms with Crippen LogP contribution in [0.3, 0.4) is 0 Å². The van der Waals surface area contributed by atoms with E-state index in [1.165, 1.54) is 0 Å². The number of ketones is 1. The summed E-state index contributed by atoms with van der Waals surface area (Å²) < 4.78 is 21.5. The first-order chi connectivity index (χ1) is 18.2. The van der Waals surface area contributed by atoms with Gasteiger partial charge in [0.25, 0.3) is 0 Å². The molecule has 2 heterocycles. The van der Waals surface area contributed by atoms with E-state index in [4.69, 9.17) is 18.9 Å². The number of carbonyl (C=O) groups is 2. The van der Waals surface area contributed by atoms with Gasteiger partial charge in [0, 0.05) is 19.3 Å². The first kappa shape index (κ1) is 30.5. The summed E-state index contributed by atoms with van der Waals surface area (Å²) in [7, 11) is 0. The zero-order chi connectivity index (χ0) is 27.8. The van der Waals surface area contributed by atoms with Crippen molar-refractivity contribution in [3.05, 3.63) is 35.9 Å². The lowest BCUT2D eigenvalue weighted by atomic mass is 9.91. The predicted octanol–water partition coefficient (Wildman–Crippen LogP) is -2.47. The van der Waals surface area contributed by atoms with Gasteiger partial charge in [-0.2, -0.15) is 0 Å². The lowest BCUT2D eigenvalue weighted by molar-refractivity contribution is -0.341. The number of aliphatic hydroxyl groups is 7. The third-order valence-electron chi connectivity index (χ3n) is 6.61. The van der Waals surface area contributed by atoms with E-state index < -0.39 is 80.4 Å². The van der Waals surface area contributed by atoms with Crippen molar-refractivity contribution in [2.45, 2.75) is 93.5 Å². The molecule has 214 valence electrons. The Morgan fingerprint density at radius 3 is 2.08 bits per heavy atom. The molecule has 0 radical (unpaired) electrons. The number of Topliss-reactive ketones (excluding diaryl/α,β-unsaturated/α-hetero) is 1. The highest BCUT2D eigenvalue weighted by atomic mass is 16.7. The van der Waals surface area contributed by atoms with Gasteiger partial charge in [0.1, 0.15) is 61.2 Å². The number of esters is 1. The van der Waals surface area contributed by atoms with Crippen LogP contribution in [0.5, 0.6) is 0 Å². The van der Waals surface area contributed by atoms with Crippen LogP contribution < -0.4 is 0 Å². The van der Waals surface area contributed by atoms with Gasteiger partial charge in [-0.25, -0.2) is 0 Å². The standard InChI is InChI=1S/C25H36O13/c26-10-16-20(31)21(32)23(34)25(37-16)38-24-17(11-27)36-15(19(30)22(24)33)9-14(28)7-4-8-18(29)35-12-13-5-2-1-3-6-13/h1-3,5-6,15-17,19-27,30-34H,4,7-12H2/t15-,16?,17?,19+,20-,21?,22?,23?,24+,25-/m0/s1. The van der Waals surface area contributed by atoms with Gasteiger partial charge in [0.2, 0.25) is 0 Å². The molecule has 2 fully saturated rings. The number of benzene rings is 1. The van der Waals surface area contributed by atoms with Gasteiger partial charge >= 0.3 is 5.97 Å². The molecule has 2 aliphatic heterocycles. The Kier molecular flexibility index (Phi) is 11.5. The average molecular weight is 545 g/mol. The van der Waals surface area contributed by atoms with Crippen LogP contribution in [0.25, 0.3) is 0 Å². The number of carbonyl (C=O) groups excluding carboxylic acids is 2. The van der Waals surface area contributed by atoms with Crippen LogP contribution in [0, 0.1) is 0 Å². The largest absolute Gasteiger partial charge is 0.461 e. The Morgan fingerprint density at radius 1 is 0.763 bits per heavy atom. The molecular formula is C25H36O13. The van der Waals surface area contributed by atoms with Gasteiger partial charge < -0.3 is 54.7 Å². The summed E-state index contributed by atoms with van der Waals surface area (Å²) in [6.07, 6.45) is -15.3. The Hall–Kier alpha value is -2.04. The maximum atomic E-state index is 12.4. The summed E-state index contributed by atoms with van der Waals surface area (Å²) in [5, 5.41) is 70.3. The van der Waals surface area contributed by atoms with Gasteiger partial charge in [0.05, 0.1) is 19.3 Å². The topological polar surface area (TPSA) is 213 Å². The molecule has 13 heteroatoms. The molecule has 13 nitrogen and oxygen atoms in total. The molecule has 2 saturated heterocycles. The summed E-state index contributed by atoms with van der Waals surface area (Å²) in [5.41, 5.74) is 0.839. The Morgan fingerprint density at radius 2 is 1.42 bits per heavy atom. The summed E-state index contributed by atoms with van der Waals surface area (Å²) in [6, 6.07) is 9.13. The molecule has 0 amide bonds. The van der Waals surface area contributed by atoms with E-state index in [0.29, 0.717) is 0 Å². The molecule has 5 unspecified atom stereocenters. The molecular weight excluding hydrogens is 508 g/mol. The van der Waals surface area contributed by atoms with Crippen molar-refractivity contribution in [3.63, 3.8) is 0 Å². The SMILES string of the molecule is O=C(CCCC(=O)OCc1ccccc1)C[C@@H]1OC(CO)[C@@H](O[C@@H]2OC(CO)[C@H](O)C(O)C2O)C(O)[C@@H]1O. The lowest BCUT2D eigenvalue weighted by Crippen LogP contribution is -2.64. The summed E-state index contributed by atoms with van der Waals surface area (Å²) >= 11 is 0. The summed E-state index contributed by atoms with van der Waals surface area (Å²) in [4.78, 5) is 24.4. The van der Waals surface area contributed by atoms with Gasteiger partial charge in [-0.1, -0.05) is 30.3 Å². The average Bonchev–Trinajstić information content (AvgIpc) is 2.92. The van der Waals surface area contributed by atoms with Crippen molar-refractivity contribution >= 4 is 11.8 Å². The maximum Gasteiger partial charge on any atom is 0.306 e. The molecule has 0 bridgehead atoms. The van der Waals surface area contributed by atoms with Crippen LogP contribution in [0.15, 0.2) is 30.3 Å². The van der Waals surface area contributed by atoms with Crippen LogP contribution in [0.1, 0.15) is 31.2 Å². The van der Waals surface area contributed by atoms with Crippen LogP contribution in [-0.4, -0.2) is 122 Å². The quantitative estimate of drug-likeness (QED) is 0.136. The molecule has 1 aromatic rings. The number of hydrogen-bond donors (Lipinski definition) is 7. The van der Waals surface area contributed by atoms with E-state index in [2.05, 4.69) is 0 Å². The van der Waals surface area contributed by atoms with Crippen LogP contribution in [0.4, 0.5) is 0 Å². The fourth-order valence-corrected chi connectivity index (χ4v) is 4.40. The van der Waals surface area contributed by atoms with Gasteiger partial charge in [0.15, 0.2) is 6.29 Å². The molecule has 1 aromatic carbocycles. The monoisotopic (exact) mass is 544 g/mol. The predicted molar refractivity (Wildman–Crippen MR) is 126 cm³/mol. The first-order valence-corrected chi connectivity index (χ1v) is 12.5. The van der Waals surface area contributed by atoms with Crippen molar-refractivity contribution in [3.8, 4) is 0 Å². The second-order valence-electron chi connectivity index (χ2n) is 9.42. The van der Waals surface area contributed by atoms with Gasteiger partial charge in [-0.05, 0) is 12.0 Å². The highest BCUT2D eigenvalue weighted by Crippen LogP contribution is 2.30. The number of ether oxygens (including phenoxy) is 4. The fourth-order valence-electron chi connectivity index (χ4n) is 4.40. The molecule has 7 N–H and O–H groups in total. The molecule has 10 atom stereocenters. The molecule has 3 rings (SSSR count). The molecule has 2 aliphatic rings. The number of hydrogen-bond acceptors (Lipinski definition) is 13. The second kappa shape index (κ2) is 14.4. The molecule has 0 saturated carbocycles. The third kappa shape index (κ3) is 7.76. The van der Waals surface area contributed by atoms with E-state index in [1.54, 1.807) is 0 Å². The minimum Gasteiger partial charge on any atom is -0.461 e. The molecule has 0 aliphatic carbocycles. The van der Waals surface area contributed by atoms with Crippen molar-refractivity contribution in [2.24, 2.45) is 0 Å². The zero-order valence-electron chi connectivity index (χ0n) is 20.7. The Balaban J connectivity index is 1.47. The van der Waals surface area contributed by atoms with Crippen molar-refractivity contribution in [2.75, 3.05) is 13.2 Å². The van der Waals surface area contributed by atoms with Gasteiger partial charge in [-0.15, -0.1) is 0 Å². The third-order valence-corrected chi connectivity index (χ3v) is 6.61. The smallest absolute Gasteiger partial charge is 0.306 e. The Labute approximate surface area is 219 Å². The minimum absolute atomic E-state index is 0.00228. The van der Waals surface area contributed by atoms with Crippen molar-refractivity contribution in [1.29, 1.82) is 0 Å². The lowest BCUT2D eigenvalue weighted by Gasteiger charge is -2.46. The summed E-state index contributed by atoms with van der Waals surface area (Å²) in [6.45, 7) is -1.26. The maximum absolute atomic E-state index is 12.4. The molecule has 0 spiro atoms. The minimum atomic E-state index is -1.77. The van der Waals surface area contributed by atoms with Crippen molar-refractivity contribution in [1.82, 2.24) is 0 Å². The van der Waals surface area contributed by atoms with Gasteiger partial charge in [-0.3, -0.25) is 9.59 Å². The first-order valence-electron chi connectivity index (χ1n) is 12.5. The number of aliphatic hydroxyl groups excluding tert-OH is 7. The van der Waals surface area contributed by atoms with Crippen LogP contribution in [0.2, 0.25) is 0 Å². The molecule has 38 heavy (non-hydrogen) atoms.